The molecule has 2 fully saturated rings. The minimum Gasteiger partial charge on any atom is -0.349 e. The molecule has 0 atom stereocenters. The van der Waals surface area contributed by atoms with Crippen molar-refractivity contribution in [1.29, 1.82) is 0 Å². The number of anilines is 1. The van der Waals surface area contributed by atoms with Gasteiger partial charge in [-0.2, -0.15) is 0 Å². The maximum atomic E-state index is 12.6. The van der Waals surface area contributed by atoms with Crippen molar-refractivity contribution in [3.8, 4) is 0 Å². The standard InChI is InChI=1S/C23H26BrN3O2/c1-15-12-18(24)6-11-21(15)26-22(28)14-27(20-9-10-20)13-16-2-4-17(5-3-16)23(29)25-19-7-8-19/h2-6,11-12,19-20H,7-10,13-14H2,1H3,(H,25,29)(H,26,28). The molecule has 2 amide bonds. The average Bonchev–Trinajstić information content (AvgIpc) is 3.58. The van der Waals surface area contributed by atoms with Crippen LogP contribution in [0.15, 0.2) is 46.9 Å². The van der Waals surface area contributed by atoms with Crippen LogP contribution in [-0.2, 0) is 11.3 Å². The van der Waals surface area contributed by atoms with Crippen molar-refractivity contribution >= 4 is 33.4 Å². The average molecular weight is 456 g/mol. The fourth-order valence-corrected chi connectivity index (χ4v) is 3.86. The Labute approximate surface area is 180 Å². The van der Waals surface area contributed by atoms with Gasteiger partial charge in [-0.15, -0.1) is 0 Å². The van der Waals surface area contributed by atoms with Gasteiger partial charge in [0, 0.05) is 34.4 Å². The number of hydrogen-bond donors (Lipinski definition) is 2. The van der Waals surface area contributed by atoms with Crippen LogP contribution < -0.4 is 10.6 Å². The molecule has 2 aromatic carbocycles. The van der Waals surface area contributed by atoms with Gasteiger partial charge in [0.2, 0.25) is 5.91 Å². The van der Waals surface area contributed by atoms with E-state index in [2.05, 4.69) is 31.5 Å². The second-order valence-corrected chi connectivity index (χ2v) is 9.00. The summed E-state index contributed by atoms with van der Waals surface area (Å²) in [7, 11) is 0. The number of nitrogens with zero attached hydrogens (tertiary/aromatic N) is 1. The van der Waals surface area contributed by atoms with E-state index in [9.17, 15) is 9.59 Å². The van der Waals surface area contributed by atoms with Gasteiger partial charge >= 0.3 is 0 Å². The van der Waals surface area contributed by atoms with Crippen molar-refractivity contribution in [2.45, 2.75) is 51.2 Å². The van der Waals surface area contributed by atoms with Crippen LogP contribution in [0.4, 0.5) is 5.69 Å². The molecular formula is C23H26BrN3O2. The van der Waals surface area contributed by atoms with Crippen molar-refractivity contribution in [2.24, 2.45) is 0 Å². The van der Waals surface area contributed by atoms with Gasteiger partial charge in [-0.3, -0.25) is 14.5 Å². The van der Waals surface area contributed by atoms with Gasteiger partial charge in [0.25, 0.3) is 5.91 Å². The van der Waals surface area contributed by atoms with Crippen molar-refractivity contribution < 1.29 is 9.59 Å². The van der Waals surface area contributed by atoms with Crippen molar-refractivity contribution in [2.75, 3.05) is 11.9 Å². The fraction of sp³-hybridized carbons (Fsp3) is 0.391. The van der Waals surface area contributed by atoms with E-state index in [-0.39, 0.29) is 11.8 Å². The Morgan fingerprint density at radius 3 is 2.41 bits per heavy atom. The lowest BCUT2D eigenvalue weighted by Crippen LogP contribution is -2.34. The normalized spacial score (nSPS) is 16.0. The van der Waals surface area contributed by atoms with Crippen LogP contribution >= 0.6 is 15.9 Å². The summed E-state index contributed by atoms with van der Waals surface area (Å²) in [5, 5.41) is 6.04. The minimum atomic E-state index is 0.00217. The zero-order chi connectivity index (χ0) is 20.4. The van der Waals surface area contributed by atoms with Crippen LogP contribution in [0.3, 0.4) is 0 Å². The lowest BCUT2D eigenvalue weighted by atomic mass is 10.1. The molecule has 6 heteroatoms. The Morgan fingerprint density at radius 1 is 1.07 bits per heavy atom. The highest BCUT2D eigenvalue weighted by molar-refractivity contribution is 9.10. The van der Waals surface area contributed by atoms with Gasteiger partial charge in [0.1, 0.15) is 0 Å². The first-order chi connectivity index (χ1) is 14.0. The molecule has 29 heavy (non-hydrogen) atoms. The fourth-order valence-electron chi connectivity index (χ4n) is 3.39. The smallest absolute Gasteiger partial charge is 0.251 e. The van der Waals surface area contributed by atoms with Crippen LogP contribution in [-0.4, -0.2) is 35.3 Å². The third-order valence-electron chi connectivity index (χ3n) is 5.39. The van der Waals surface area contributed by atoms with Crippen molar-refractivity contribution in [1.82, 2.24) is 10.2 Å². The first kappa shape index (κ1) is 20.1. The molecule has 2 aromatic rings. The molecule has 2 N–H and O–H groups in total. The Kier molecular flexibility index (Phi) is 6.01. The van der Waals surface area contributed by atoms with Gasteiger partial charge in [0.15, 0.2) is 0 Å². The molecule has 2 saturated carbocycles. The second kappa shape index (κ2) is 8.67. The topological polar surface area (TPSA) is 61.4 Å². The number of carbonyl (C=O) groups is 2. The highest BCUT2D eigenvalue weighted by Crippen LogP contribution is 2.28. The summed E-state index contributed by atoms with van der Waals surface area (Å²) < 4.78 is 1.00. The summed E-state index contributed by atoms with van der Waals surface area (Å²) in [6, 6.07) is 14.4. The number of nitrogens with one attached hydrogen (secondary N) is 2. The van der Waals surface area contributed by atoms with E-state index in [1.54, 1.807) is 0 Å². The van der Waals surface area contributed by atoms with E-state index < -0.39 is 0 Å². The van der Waals surface area contributed by atoms with Gasteiger partial charge in [-0.25, -0.2) is 0 Å². The summed E-state index contributed by atoms with van der Waals surface area (Å²) in [5.41, 5.74) is 3.69. The molecule has 0 aliphatic heterocycles. The number of hydrogen-bond acceptors (Lipinski definition) is 3. The molecule has 2 aliphatic rings. The number of benzene rings is 2. The summed E-state index contributed by atoms with van der Waals surface area (Å²) in [4.78, 5) is 27.0. The summed E-state index contributed by atoms with van der Waals surface area (Å²) in [5.74, 6) is 0.00472. The SMILES string of the molecule is Cc1cc(Br)ccc1NC(=O)CN(Cc1ccc(C(=O)NC2CC2)cc1)C1CC1. The first-order valence-corrected chi connectivity index (χ1v) is 11.0. The van der Waals surface area contributed by atoms with Crippen LogP contribution in [0.5, 0.6) is 0 Å². The molecule has 0 spiro atoms. The molecule has 0 aromatic heterocycles. The monoisotopic (exact) mass is 455 g/mol. The lowest BCUT2D eigenvalue weighted by Gasteiger charge is -2.22. The number of amides is 2. The lowest BCUT2D eigenvalue weighted by molar-refractivity contribution is -0.117. The molecular weight excluding hydrogens is 430 g/mol. The zero-order valence-electron chi connectivity index (χ0n) is 16.6. The summed E-state index contributed by atoms with van der Waals surface area (Å²) in [6.45, 7) is 3.06. The Balaban J connectivity index is 1.35. The first-order valence-electron chi connectivity index (χ1n) is 10.2. The number of rotatable bonds is 8. The predicted octanol–water partition coefficient (Wildman–Crippen LogP) is 4.25. The maximum absolute atomic E-state index is 12.6. The summed E-state index contributed by atoms with van der Waals surface area (Å²) in [6.07, 6.45) is 4.43. The third kappa shape index (κ3) is 5.67. The van der Waals surface area contributed by atoms with E-state index in [4.69, 9.17) is 0 Å². The molecule has 5 nitrogen and oxygen atoms in total. The minimum absolute atomic E-state index is 0.00217. The highest BCUT2D eigenvalue weighted by Gasteiger charge is 2.30. The van der Waals surface area contributed by atoms with Gasteiger partial charge in [-0.05, 0) is 74.1 Å². The van der Waals surface area contributed by atoms with E-state index in [0.29, 0.717) is 30.7 Å². The molecule has 2 aliphatic carbocycles. The van der Waals surface area contributed by atoms with Gasteiger partial charge in [-0.1, -0.05) is 28.1 Å². The van der Waals surface area contributed by atoms with Crippen LogP contribution in [0.2, 0.25) is 0 Å². The quantitative estimate of drug-likeness (QED) is 0.625. The molecule has 152 valence electrons. The molecule has 4 rings (SSSR count). The predicted molar refractivity (Wildman–Crippen MR) is 118 cm³/mol. The Hall–Kier alpha value is -2.18. The third-order valence-corrected chi connectivity index (χ3v) is 5.88. The maximum Gasteiger partial charge on any atom is 0.251 e. The largest absolute Gasteiger partial charge is 0.349 e. The van der Waals surface area contributed by atoms with Gasteiger partial charge in [0.05, 0.1) is 6.54 Å². The van der Waals surface area contributed by atoms with Crippen molar-refractivity contribution in [3.05, 3.63) is 63.6 Å². The molecule has 0 bridgehead atoms. The van der Waals surface area contributed by atoms with E-state index >= 15 is 0 Å². The van der Waals surface area contributed by atoms with Crippen LogP contribution in [0, 0.1) is 6.92 Å². The number of carbonyl (C=O) groups excluding carboxylic acids is 2. The van der Waals surface area contributed by atoms with Crippen LogP contribution in [0.1, 0.15) is 47.2 Å². The molecule has 0 unspecified atom stereocenters. The molecule has 0 saturated heterocycles. The second-order valence-electron chi connectivity index (χ2n) is 8.09. The molecule has 0 heterocycles. The van der Waals surface area contributed by atoms with E-state index in [0.717, 1.165) is 47.0 Å². The Bertz CT molecular complexity index is 905. The highest BCUT2D eigenvalue weighted by atomic mass is 79.9. The van der Waals surface area contributed by atoms with E-state index in [1.165, 1.54) is 0 Å². The Morgan fingerprint density at radius 2 is 1.79 bits per heavy atom. The number of aryl methyl sites for hydroxylation is 1. The van der Waals surface area contributed by atoms with Crippen molar-refractivity contribution in [3.63, 3.8) is 0 Å². The summed E-state index contributed by atoms with van der Waals surface area (Å²) >= 11 is 3.45. The van der Waals surface area contributed by atoms with E-state index in [1.807, 2.05) is 49.4 Å². The zero-order valence-corrected chi connectivity index (χ0v) is 18.2. The van der Waals surface area contributed by atoms with Gasteiger partial charge < -0.3 is 10.6 Å². The molecule has 0 radical (unpaired) electrons. The number of halogens is 1. The van der Waals surface area contributed by atoms with Crippen LogP contribution in [0.25, 0.3) is 0 Å².